The molecule has 0 aliphatic heterocycles. The van der Waals surface area contributed by atoms with Crippen LogP contribution in [0.2, 0.25) is 0 Å². The number of rotatable bonds is 7. The molecule has 1 aliphatic carbocycles. The van der Waals surface area contributed by atoms with Crippen LogP contribution in [0.25, 0.3) is 11.1 Å². The molecule has 0 spiro atoms. The summed E-state index contributed by atoms with van der Waals surface area (Å²) in [4.78, 5) is 38.4. The number of carbonyl (C=O) groups is 3. The maximum absolute atomic E-state index is 12.8. The van der Waals surface area contributed by atoms with Gasteiger partial charge in [-0.05, 0) is 41.5 Å². The van der Waals surface area contributed by atoms with Crippen LogP contribution in [0, 0.1) is 5.41 Å². The minimum absolute atomic E-state index is 0.0408. The lowest BCUT2D eigenvalue weighted by atomic mass is 9.84. The fourth-order valence-corrected chi connectivity index (χ4v) is 4.12. The van der Waals surface area contributed by atoms with E-state index in [1.807, 2.05) is 45.0 Å². The Bertz CT molecular complexity index is 1040. The number of carboxylic acids is 1. The first kappa shape index (κ1) is 25.3. The fraction of sp³-hybridized carbons (Fsp3) is 0.444. The molecule has 0 radical (unpaired) electrons. The predicted molar refractivity (Wildman–Crippen MR) is 131 cm³/mol. The summed E-state index contributed by atoms with van der Waals surface area (Å²) in [5.74, 6) is -1.53. The van der Waals surface area contributed by atoms with E-state index in [1.165, 1.54) is 25.8 Å². The Hall–Kier alpha value is -3.35. The second-order valence-electron chi connectivity index (χ2n) is 10.4. The number of benzene rings is 2. The second-order valence-corrected chi connectivity index (χ2v) is 10.4. The quantitative estimate of drug-likeness (QED) is 0.619. The van der Waals surface area contributed by atoms with Gasteiger partial charge in [0.1, 0.15) is 12.1 Å². The van der Waals surface area contributed by atoms with E-state index in [0.29, 0.717) is 0 Å². The average molecular weight is 467 g/mol. The number of likely N-dealkylation sites (N-methyl/N-ethyl adjacent to an activating group) is 1. The third kappa shape index (κ3) is 5.08. The van der Waals surface area contributed by atoms with Crippen LogP contribution in [0.4, 0.5) is 4.79 Å². The highest BCUT2D eigenvalue weighted by molar-refractivity contribution is 5.86. The number of alkyl carbamates (subject to hydrolysis) is 1. The molecule has 0 fully saturated rings. The Morgan fingerprint density at radius 1 is 0.971 bits per heavy atom. The third-order valence-electron chi connectivity index (χ3n) is 6.80. The molecule has 182 valence electrons. The first-order valence-corrected chi connectivity index (χ1v) is 11.5. The number of hydrogen-bond donors (Lipinski definition) is 2. The molecule has 34 heavy (non-hydrogen) atoms. The highest BCUT2D eigenvalue weighted by Crippen LogP contribution is 2.44. The van der Waals surface area contributed by atoms with E-state index in [1.54, 1.807) is 0 Å². The van der Waals surface area contributed by atoms with Crippen LogP contribution in [0.1, 0.15) is 58.1 Å². The van der Waals surface area contributed by atoms with E-state index in [9.17, 15) is 19.5 Å². The van der Waals surface area contributed by atoms with E-state index in [-0.39, 0.29) is 24.9 Å². The van der Waals surface area contributed by atoms with Gasteiger partial charge in [-0.1, -0.05) is 69.3 Å². The van der Waals surface area contributed by atoms with Gasteiger partial charge in [-0.2, -0.15) is 0 Å². The van der Waals surface area contributed by atoms with E-state index in [4.69, 9.17) is 4.74 Å². The Morgan fingerprint density at radius 2 is 1.47 bits per heavy atom. The summed E-state index contributed by atoms with van der Waals surface area (Å²) in [5, 5.41) is 12.3. The van der Waals surface area contributed by atoms with Crippen LogP contribution in [0.5, 0.6) is 0 Å². The Kier molecular flexibility index (Phi) is 7.05. The van der Waals surface area contributed by atoms with Gasteiger partial charge >= 0.3 is 12.1 Å². The molecule has 0 aromatic heterocycles. The van der Waals surface area contributed by atoms with Gasteiger partial charge in [0.25, 0.3) is 0 Å². The lowest BCUT2D eigenvalue weighted by Gasteiger charge is -2.36. The minimum atomic E-state index is -1.36. The van der Waals surface area contributed by atoms with Crippen LogP contribution in [-0.2, 0) is 14.3 Å². The highest BCUT2D eigenvalue weighted by atomic mass is 16.5. The maximum Gasteiger partial charge on any atom is 0.407 e. The molecule has 2 amide bonds. The predicted octanol–water partition coefficient (Wildman–Crippen LogP) is 4.65. The maximum atomic E-state index is 12.8. The zero-order valence-electron chi connectivity index (χ0n) is 20.7. The van der Waals surface area contributed by atoms with Crippen LogP contribution in [0.15, 0.2) is 48.5 Å². The summed E-state index contributed by atoms with van der Waals surface area (Å²) in [7, 11) is 1.46. The lowest BCUT2D eigenvalue weighted by molar-refractivity contribution is -0.155. The summed E-state index contributed by atoms with van der Waals surface area (Å²) < 4.78 is 5.64. The van der Waals surface area contributed by atoms with Gasteiger partial charge in [0.05, 0.1) is 0 Å². The minimum Gasteiger partial charge on any atom is -0.480 e. The van der Waals surface area contributed by atoms with Crippen LogP contribution >= 0.6 is 0 Å². The fourth-order valence-electron chi connectivity index (χ4n) is 4.12. The zero-order chi connectivity index (χ0) is 25.3. The average Bonchev–Trinajstić information content (AvgIpc) is 3.09. The van der Waals surface area contributed by atoms with Crippen molar-refractivity contribution in [3.8, 4) is 11.1 Å². The van der Waals surface area contributed by atoms with E-state index < -0.39 is 29.1 Å². The number of hydrogen-bond acceptors (Lipinski definition) is 4. The summed E-state index contributed by atoms with van der Waals surface area (Å²) in [5.41, 5.74) is 2.73. The van der Waals surface area contributed by atoms with Crippen molar-refractivity contribution in [3.05, 3.63) is 59.7 Å². The number of nitrogens with one attached hydrogen (secondary N) is 1. The number of fused-ring (bicyclic) bond motifs is 3. The van der Waals surface area contributed by atoms with Crippen molar-refractivity contribution in [2.75, 3.05) is 13.7 Å². The molecule has 2 aromatic carbocycles. The van der Waals surface area contributed by atoms with Crippen molar-refractivity contribution in [2.24, 2.45) is 5.41 Å². The highest BCUT2D eigenvalue weighted by Gasteiger charge is 2.38. The van der Waals surface area contributed by atoms with Gasteiger partial charge in [-0.3, -0.25) is 4.79 Å². The van der Waals surface area contributed by atoms with Gasteiger partial charge in [0.15, 0.2) is 0 Å². The second kappa shape index (κ2) is 9.49. The smallest absolute Gasteiger partial charge is 0.407 e. The first-order valence-electron chi connectivity index (χ1n) is 11.5. The van der Waals surface area contributed by atoms with Crippen molar-refractivity contribution in [1.29, 1.82) is 0 Å². The molecule has 0 heterocycles. The van der Waals surface area contributed by atoms with Crippen molar-refractivity contribution >= 4 is 18.0 Å². The molecule has 0 saturated heterocycles. The summed E-state index contributed by atoms with van der Waals surface area (Å²) in [6.07, 6.45) is -0.643. The number of carboxylic acid groups (broad SMARTS) is 1. The molecule has 2 aromatic rings. The topological polar surface area (TPSA) is 95.9 Å². The van der Waals surface area contributed by atoms with E-state index in [2.05, 4.69) is 29.6 Å². The molecule has 1 unspecified atom stereocenters. The molecule has 0 saturated carbocycles. The first-order chi connectivity index (χ1) is 15.8. The molecule has 2 N–H and O–H groups in total. The zero-order valence-corrected chi connectivity index (χ0v) is 20.7. The van der Waals surface area contributed by atoms with E-state index >= 15 is 0 Å². The van der Waals surface area contributed by atoms with Crippen molar-refractivity contribution in [2.45, 2.75) is 58.5 Å². The lowest BCUT2D eigenvalue weighted by Crippen LogP contribution is -2.53. The van der Waals surface area contributed by atoms with Gasteiger partial charge < -0.3 is 20.1 Å². The van der Waals surface area contributed by atoms with E-state index in [0.717, 1.165) is 22.3 Å². The van der Waals surface area contributed by atoms with Crippen LogP contribution in [-0.4, -0.2) is 53.2 Å². The molecule has 1 aliphatic rings. The standard InChI is InChI=1S/C27H34N2O5/c1-26(2,3)22(15-23(30)29(6)27(4,5)24(31)32)28-25(33)34-16-21-19-13-9-7-11-17(19)18-12-8-10-14-20(18)21/h7-14,21-22H,15-16H2,1-6H3,(H,28,33)(H,31,32). The van der Waals surface area contributed by atoms with Gasteiger partial charge in [0, 0.05) is 25.4 Å². The number of amides is 2. The van der Waals surface area contributed by atoms with Crippen molar-refractivity contribution < 1.29 is 24.2 Å². The molecular weight excluding hydrogens is 432 g/mol. The molecule has 3 rings (SSSR count). The van der Waals surface area contributed by atoms with Crippen molar-refractivity contribution in [1.82, 2.24) is 10.2 Å². The number of ether oxygens (including phenoxy) is 1. The molecule has 7 nitrogen and oxygen atoms in total. The largest absolute Gasteiger partial charge is 0.480 e. The Morgan fingerprint density at radius 3 is 1.94 bits per heavy atom. The summed E-state index contributed by atoms with van der Waals surface area (Å²) >= 11 is 0. The normalized spacial score (nSPS) is 14.1. The summed E-state index contributed by atoms with van der Waals surface area (Å²) in [6, 6.07) is 15.7. The Balaban J connectivity index is 1.69. The van der Waals surface area contributed by atoms with Crippen LogP contribution < -0.4 is 5.32 Å². The van der Waals surface area contributed by atoms with Crippen LogP contribution in [0.3, 0.4) is 0 Å². The third-order valence-corrected chi connectivity index (χ3v) is 6.80. The van der Waals surface area contributed by atoms with Gasteiger partial charge in [-0.15, -0.1) is 0 Å². The monoisotopic (exact) mass is 466 g/mol. The van der Waals surface area contributed by atoms with Gasteiger partial charge in [-0.25, -0.2) is 9.59 Å². The van der Waals surface area contributed by atoms with Crippen molar-refractivity contribution in [3.63, 3.8) is 0 Å². The Labute approximate surface area is 201 Å². The summed E-state index contributed by atoms with van der Waals surface area (Å²) in [6.45, 7) is 8.86. The number of carbonyl (C=O) groups excluding carboxylic acids is 2. The molecule has 7 heteroatoms. The molecular formula is C27H34N2O5. The number of aliphatic carboxylic acids is 1. The number of nitrogens with zero attached hydrogens (tertiary/aromatic N) is 1. The van der Waals surface area contributed by atoms with Gasteiger partial charge in [0.2, 0.25) is 5.91 Å². The molecule has 0 bridgehead atoms. The molecule has 1 atom stereocenters. The SMILES string of the molecule is CN(C(=O)CC(NC(=O)OCC1c2ccccc2-c2ccccc21)C(C)(C)C)C(C)(C)C(=O)O.